The van der Waals surface area contributed by atoms with Gasteiger partial charge in [-0.25, -0.2) is 4.98 Å². The summed E-state index contributed by atoms with van der Waals surface area (Å²) in [5.74, 6) is 0.327. The molecule has 146 valence electrons. The lowest BCUT2D eigenvalue weighted by Gasteiger charge is -2.25. The number of hydrogen-bond acceptors (Lipinski definition) is 7. The van der Waals surface area contributed by atoms with Gasteiger partial charge in [-0.15, -0.1) is 0 Å². The number of carbonyl (C=O) groups excluding carboxylic acids is 2. The molecular weight excluding hydrogens is 394 g/mol. The first-order chi connectivity index (χ1) is 14.2. The van der Waals surface area contributed by atoms with Crippen LogP contribution in [0.5, 0.6) is 0 Å². The van der Waals surface area contributed by atoms with Crippen molar-refractivity contribution in [3.8, 4) is 11.5 Å². The lowest BCUT2D eigenvalue weighted by atomic mass is 10.1. The predicted molar refractivity (Wildman–Crippen MR) is 104 cm³/mol. The van der Waals surface area contributed by atoms with E-state index in [0.717, 1.165) is 10.6 Å². The highest BCUT2D eigenvalue weighted by atomic mass is 32.1. The van der Waals surface area contributed by atoms with E-state index in [1.165, 1.54) is 17.6 Å². The van der Waals surface area contributed by atoms with E-state index in [-0.39, 0.29) is 17.6 Å². The molecule has 1 aliphatic heterocycles. The highest BCUT2D eigenvalue weighted by molar-refractivity contribution is 7.15. The zero-order valence-electron chi connectivity index (χ0n) is 15.0. The van der Waals surface area contributed by atoms with Gasteiger partial charge in [-0.05, 0) is 24.3 Å². The molecule has 5 heterocycles. The molecule has 9 nitrogen and oxygen atoms in total. The second-order valence-corrected chi connectivity index (χ2v) is 7.52. The van der Waals surface area contributed by atoms with Gasteiger partial charge < -0.3 is 13.7 Å². The Kier molecular flexibility index (Phi) is 4.24. The van der Waals surface area contributed by atoms with Crippen molar-refractivity contribution >= 4 is 28.3 Å². The lowest BCUT2D eigenvalue weighted by Crippen LogP contribution is -2.35. The number of furan rings is 2. The minimum atomic E-state index is -0.351. The van der Waals surface area contributed by atoms with Crippen LogP contribution in [-0.2, 0) is 13.0 Å². The monoisotopic (exact) mass is 409 g/mol. The number of nitrogens with one attached hydrogen (secondary N) is 2. The number of H-pyrrole nitrogens is 1. The number of aromatic amines is 1. The van der Waals surface area contributed by atoms with Crippen LogP contribution >= 0.6 is 11.3 Å². The third kappa shape index (κ3) is 3.34. The fourth-order valence-corrected chi connectivity index (χ4v) is 4.16. The second kappa shape index (κ2) is 7.06. The number of carbonyl (C=O) groups is 2. The number of anilines is 1. The Morgan fingerprint density at radius 1 is 1.21 bits per heavy atom. The van der Waals surface area contributed by atoms with E-state index in [1.807, 2.05) is 0 Å². The maximum atomic E-state index is 12.8. The van der Waals surface area contributed by atoms with Crippen molar-refractivity contribution in [1.82, 2.24) is 20.1 Å². The molecule has 0 aromatic carbocycles. The summed E-state index contributed by atoms with van der Waals surface area (Å²) in [5.41, 5.74) is 1.87. The van der Waals surface area contributed by atoms with Crippen LogP contribution in [0, 0.1) is 0 Å². The average Bonchev–Trinajstić information content (AvgIpc) is 3.53. The lowest BCUT2D eigenvalue weighted by molar-refractivity contribution is 0.0730. The number of rotatable bonds is 4. The van der Waals surface area contributed by atoms with Crippen molar-refractivity contribution in [2.45, 2.75) is 13.0 Å². The Balaban J connectivity index is 1.29. The Hall–Kier alpha value is -3.66. The Labute approximate surface area is 168 Å². The summed E-state index contributed by atoms with van der Waals surface area (Å²) in [6.07, 6.45) is 3.62. The van der Waals surface area contributed by atoms with Crippen molar-refractivity contribution < 1.29 is 18.4 Å². The molecular formula is C19H15N5O4S. The quantitative estimate of drug-likeness (QED) is 0.535. The van der Waals surface area contributed by atoms with Gasteiger partial charge >= 0.3 is 0 Å². The molecule has 4 aromatic rings. The number of thiazole rings is 1. The molecule has 0 saturated carbocycles. The standard InChI is InChI=1S/C19H15N5O4S/c25-17(15-4-2-8-28-15)21-19-20-11-5-6-24(10-16(11)29-19)18(26)13-9-12(22-23-13)14-3-1-7-27-14/h1-4,7-9H,5-6,10H2,(H,22,23)(H,20,21,25). The molecule has 0 atom stereocenters. The smallest absolute Gasteiger partial charge is 0.293 e. The van der Waals surface area contributed by atoms with Gasteiger partial charge in [0.25, 0.3) is 11.8 Å². The summed E-state index contributed by atoms with van der Waals surface area (Å²) in [5, 5.41) is 10.2. The van der Waals surface area contributed by atoms with E-state index in [0.29, 0.717) is 41.8 Å². The molecule has 29 heavy (non-hydrogen) atoms. The van der Waals surface area contributed by atoms with Gasteiger partial charge in [-0.1, -0.05) is 11.3 Å². The summed E-state index contributed by atoms with van der Waals surface area (Å²) < 4.78 is 10.4. The van der Waals surface area contributed by atoms with Gasteiger partial charge in [-0.2, -0.15) is 5.10 Å². The van der Waals surface area contributed by atoms with E-state index < -0.39 is 0 Å². The highest BCUT2D eigenvalue weighted by Gasteiger charge is 2.27. The molecule has 0 unspecified atom stereocenters. The van der Waals surface area contributed by atoms with Crippen molar-refractivity contribution in [2.24, 2.45) is 0 Å². The Morgan fingerprint density at radius 2 is 2.07 bits per heavy atom. The second-order valence-electron chi connectivity index (χ2n) is 6.44. The van der Waals surface area contributed by atoms with Crippen LogP contribution in [0.3, 0.4) is 0 Å². The Morgan fingerprint density at radius 3 is 2.86 bits per heavy atom. The fraction of sp³-hybridized carbons (Fsp3) is 0.158. The van der Waals surface area contributed by atoms with E-state index >= 15 is 0 Å². The minimum Gasteiger partial charge on any atom is -0.463 e. The van der Waals surface area contributed by atoms with E-state index in [2.05, 4.69) is 20.5 Å². The van der Waals surface area contributed by atoms with Crippen molar-refractivity contribution in [1.29, 1.82) is 0 Å². The van der Waals surface area contributed by atoms with Crippen LogP contribution < -0.4 is 5.32 Å². The molecule has 2 N–H and O–H groups in total. The van der Waals surface area contributed by atoms with Crippen LogP contribution in [0.4, 0.5) is 5.13 Å². The van der Waals surface area contributed by atoms with E-state index in [9.17, 15) is 9.59 Å². The fourth-order valence-electron chi connectivity index (χ4n) is 3.14. The van der Waals surface area contributed by atoms with Crippen molar-refractivity contribution in [2.75, 3.05) is 11.9 Å². The highest BCUT2D eigenvalue weighted by Crippen LogP contribution is 2.29. The first-order valence-electron chi connectivity index (χ1n) is 8.89. The number of aromatic nitrogens is 3. The molecule has 5 rings (SSSR count). The molecule has 0 bridgehead atoms. The summed E-state index contributed by atoms with van der Waals surface area (Å²) in [6, 6.07) is 8.49. The molecule has 0 radical (unpaired) electrons. The van der Waals surface area contributed by atoms with Gasteiger partial charge in [0.15, 0.2) is 22.3 Å². The average molecular weight is 409 g/mol. The summed E-state index contributed by atoms with van der Waals surface area (Å²) in [6.45, 7) is 0.954. The number of fused-ring (bicyclic) bond motifs is 1. The normalized spacial score (nSPS) is 13.3. The largest absolute Gasteiger partial charge is 0.463 e. The number of amides is 2. The van der Waals surface area contributed by atoms with Gasteiger partial charge in [0.2, 0.25) is 0 Å². The maximum Gasteiger partial charge on any atom is 0.293 e. The minimum absolute atomic E-state index is 0.167. The molecule has 2 amide bonds. The van der Waals surface area contributed by atoms with Crippen LogP contribution in [-0.4, -0.2) is 38.4 Å². The molecule has 1 aliphatic rings. The van der Waals surface area contributed by atoms with Crippen molar-refractivity contribution in [3.63, 3.8) is 0 Å². The first kappa shape index (κ1) is 17.4. The number of nitrogens with zero attached hydrogens (tertiary/aromatic N) is 3. The number of hydrogen-bond donors (Lipinski definition) is 2. The topological polar surface area (TPSA) is 117 Å². The third-order valence-corrected chi connectivity index (χ3v) is 5.57. The SMILES string of the molecule is O=C(Nc1nc2c(s1)CN(C(=O)c1cc(-c3ccco3)[nH]n1)CC2)c1ccco1. The van der Waals surface area contributed by atoms with Crippen LogP contribution in [0.25, 0.3) is 11.5 Å². The third-order valence-electron chi connectivity index (χ3n) is 4.57. The van der Waals surface area contributed by atoms with Gasteiger partial charge in [0.1, 0.15) is 5.69 Å². The van der Waals surface area contributed by atoms with Crippen molar-refractivity contribution in [3.05, 3.63) is 64.9 Å². The van der Waals surface area contributed by atoms with Gasteiger partial charge in [0, 0.05) is 23.9 Å². The summed E-state index contributed by atoms with van der Waals surface area (Å²) in [7, 11) is 0. The molecule has 0 fully saturated rings. The molecule has 0 spiro atoms. The predicted octanol–water partition coefficient (Wildman–Crippen LogP) is 3.17. The van der Waals surface area contributed by atoms with Gasteiger partial charge in [-0.3, -0.25) is 20.0 Å². The van der Waals surface area contributed by atoms with E-state index in [4.69, 9.17) is 8.83 Å². The molecule has 4 aromatic heterocycles. The van der Waals surface area contributed by atoms with Crippen LogP contribution in [0.2, 0.25) is 0 Å². The van der Waals surface area contributed by atoms with Gasteiger partial charge in [0.05, 0.1) is 24.8 Å². The summed E-state index contributed by atoms with van der Waals surface area (Å²) >= 11 is 1.36. The van der Waals surface area contributed by atoms with Crippen LogP contribution in [0.15, 0.2) is 51.7 Å². The zero-order valence-corrected chi connectivity index (χ0v) is 15.9. The summed E-state index contributed by atoms with van der Waals surface area (Å²) in [4.78, 5) is 32.1. The zero-order chi connectivity index (χ0) is 19.8. The Bertz CT molecular complexity index is 1160. The molecule has 0 saturated heterocycles. The molecule has 10 heteroatoms. The first-order valence-corrected chi connectivity index (χ1v) is 9.71. The van der Waals surface area contributed by atoms with E-state index in [1.54, 1.807) is 41.5 Å². The van der Waals surface area contributed by atoms with Crippen LogP contribution in [0.1, 0.15) is 31.6 Å². The molecule has 0 aliphatic carbocycles. The maximum absolute atomic E-state index is 12.8.